The van der Waals surface area contributed by atoms with Gasteiger partial charge in [0.1, 0.15) is 0 Å². The fourth-order valence-corrected chi connectivity index (χ4v) is 3.93. The van der Waals surface area contributed by atoms with Crippen molar-refractivity contribution in [3.63, 3.8) is 0 Å². The van der Waals surface area contributed by atoms with Crippen molar-refractivity contribution in [3.05, 3.63) is 65.4 Å². The maximum Gasteiger partial charge on any atom is 0.238 e. The number of anilines is 1. The van der Waals surface area contributed by atoms with Crippen LogP contribution >= 0.6 is 11.6 Å². The molecule has 0 saturated carbocycles. The number of sulfonamides is 1. The zero-order valence-electron chi connectivity index (χ0n) is 15.8. The first-order chi connectivity index (χ1) is 13.8. The summed E-state index contributed by atoms with van der Waals surface area (Å²) in [5.41, 5.74) is 2.07. The molecule has 1 amide bonds. The molecule has 0 radical (unpaired) electrons. The Morgan fingerprint density at radius 1 is 1.24 bits per heavy atom. The molecule has 0 aliphatic heterocycles. The van der Waals surface area contributed by atoms with Crippen molar-refractivity contribution in [2.45, 2.75) is 31.2 Å². The van der Waals surface area contributed by atoms with Gasteiger partial charge in [0.15, 0.2) is 0 Å². The minimum absolute atomic E-state index is 0.0654. The van der Waals surface area contributed by atoms with Gasteiger partial charge in [0, 0.05) is 34.6 Å². The molecule has 3 aromatic rings. The zero-order valence-corrected chi connectivity index (χ0v) is 17.4. The standard InChI is InChI=1S/C20H21ClN4O3S/c1-2-9-25-13-15(12-23-25)17-8-7-16(11-19(17)29(22,27)28)24-20(26)10-14-5-3-4-6-18(14)21/h3-8,11-13H,2,9-10H2,1H3,(H,24,26)(H2,22,27,28). The van der Waals surface area contributed by atoms with Crippen LogP contribution in [0.3, 0.4) is 0 Å². The monoisotopic (exact) mass is 432 g/mol. The van der Waals surface area contributed by atoms with Crippen LogP contribution in [0.15, 0.2) is 59.8 Å². The van der Waals surface area contributed by atoms with Gasteiger partial charge < -0.3 is 5.32 Å². The van der Waals surface area contributed by atoms with Gasteiger partial charge in [-0.05, 0) is 30.2 Å². The summed E-state index contributed by atoms with van der Waals surface area (Å²) in [5, 5.41) is 12.8. The molecule has 0 bridgehead atoms. The highest BCUT2D eigenvalue weighted by Crippen LogP contribution is 2.29. The number of halogens is 1. The Bertz CT molecular complexity index is 1140. The number of amides is 1. The van der Waals surface area contributed by atoms with E-state index < -0.39 is 10.0 Å². The number of nitrogens with zero attached hydrogens (tertiary/aromatic N) is 2. The molecule has 0 spiro atoms. The van der Waals surface area contributed by atoms with Crippen LogP contribution in [0.2, 0.25) is 5.02 Å². The lowest BCUT2D eigenvalue weighted by Gasteiger charge is -2.11. The summed E-state index contributed by atoms with van der Waals surface area (Å²) in [5.74, 6) is -0.318. The molecule has 0 saturated heterocycles. The predicted octanol–water partition coefficient (Wildman–Crippen LogP) is 3.44. The first kappa shape index (κ1) is 21.0. The Balaban J connectivity index is 1.87. The fraction of sp³-hybridized carbons (Fsp3) is 0.200. The third-order valence-electron chi connectivity index (χ3n) is 4.28. The maximum atomic E-state index is 12.4. The number of aromatic nitrogens is 2. The van der Waals surface area contributed by atoms with Crippen molar-refractivity contribution >= 4 is 33.2 Å². The van der Waals surface area contributed by atoms with Gasteiger partial charge >= 0.3 is 0 Å². The Hall–Kier alpha value is -2.68. The highest BCUT2D eigenvalue weighted by atomic mass is 35.5. The van der Waals surface area contributed by atoms with Crippen molar-refractivity contribution in [2.24, 2.45) is 5.14 Å². The normalized spacial score (nSPS) is 11.4. The van der Waals surface area contributed by atoms with Gasteiger partial charge in [0.2, 0.25) is 15.9 Å². The molecule has 0 aliphatic carbocycles. The maximum absolute atomic E-state index is 12.4. The predicted molar refractivity (Wildman–Crippen MR) is 113 cm³/mol. The van der Waals surface area contributed by atoms with Crippen LogP contribution in [0.4, 0.5) is 5.69 Å². The molecule has 2 aromatic carbocycles. The average molecular weight is 433 g/mol. The second-order valence-corrected chi connectivity index (χ2v) is 8.50. The van der Waals surface area contributed by atoms with Crippen molar-refractivity contribution in [2.75, 3.05) is 5.32 Å². The number of aryl methyl sites for hydroxylation is 1. The lowest BCUT2D eigenvalue weighted by molar-refractivity contribution is -0.115. The van der Waals surface area contributed by atoms with E-state index in [2.05, 4.69) is 10.4 Å². The molecule has 0 atom stereocenters. The van der Waals surface area contributed by atoms with Crippen LogP contribution in [-0.4, -0.2) is 24.1 Å². The minimum atomic E-state index is -4.02. The number of hydrogen-bond acceptors (Lipinski definition) is 4. The molecule has 0 unspecified atom stereocenters. The van der Waals surface area contributed by atoms with Crippen molar-refractivity contribution in [3.8, 4) is 11.1 Å². The number of primary sulfonamides is 1. The van der Waals surface area contributed by atoms with E-state index in [-0.39, 0.29) is 17.2 Å². The van der Waals surface area contributed by atoms with Gasteiger partial charge in [-0.25, -0.2) is 13.6 Å². The van der Waals surface area contributed by atoms with Crippen LogP contribution in [0.1, 0.15) is 18.9 Å². The summed E-state index contributed by atoms with van der Waals surface area (Å²) >= 11 is 6.09. The topological polar surface area (TPSA) is 107 Å². The number of nitrogens with one attached hydrogen (secondary N) is 1. The van der Waals surface area contributed by atoms with E-state index >= 15 is 0 Å². The van der Waals surface area contributed by atoms with Gasteiger partial charge in [-0.2, -0.15) is 5.10 Å². The summed E-state index contributed by atoms with van der Waals surface area (Å²) in [6, 6.07) is 11.6. The van der Waals surface area contributed by atoms with E-state index in [1.54, 1.807) is 53.5 Å². The second kappa shape index (κ2) is 8.77. The summed E-state index contributed by atoms with van der Waals surface area (Å²) in [6.45, 7) is 2.75. The number of carbonyl (C=O) groups is 1. The number of rotatable bonds is 7. The molecule has 152 valence electrons. The summed E-state index contributed by atoms with van der Waals surface area (Å²) < 4.78 is 26.0. The van der Waals surface area contributed by atoms with Gasteiger partial charge in [0.05, 0.1) is 17.5 Å². The van der Waals surface area contributed by atoms with Gasteiger partial charge in [-0.15, -0.1) is 0 Å². The van der Waals surface area contributed by atoms with E-state index in [1.165, 1.54) is 6.07 Å². The highest BCUT2D eigenvalue weighted by molar-refractivity contribution is 7.89. The van der Waals surface area contributed by atoms with E-state index in [0.717, 1.165) is 13.0 Å². The third kappa shape index (κ3) is 5.23. The molecule has 9 heteroatoms. The van der Waals surface area contributed by atoms with Gasteiger partial charge in [-0.1, -0.05) is 42.8 Å². The van der Waals surface area contributed by atoms with E-state index in [9.17, 15) is 13.2 Å². The largest absolute Gasteiger partial charge is 0.326 e. The fourth-order valence-electron chi connectivity index (χ4n) is 2.95. The molecule has 3 rings (SSSR count). The molecule has 0 fully saturated rings. The van der Waals surface area contributed by atoms with Crippen molar-refractivity contribution < 1.29 is 13.2 Å². The Morgan fingerprint density at radius 2 is 2.00 bits per heavy atom. The third-order valence-corrected chi connectivity index (χ3v) is 5.60. The first-order valence-corrected chi connectivity index (χ1v) is 10.9. The first-order valence-electron chi connectivity index (χ1n) is 9.01. The number of carbonyl (C=O) groups excluding carboxylic acids is 1. The van der Waals surface area contributed by atoms with Gasteiger partial charge in [0.25, 0.3) is 0 Å². The van der Waals surface area contributed by atoms with Crippen LogP contribution < -0.4 is 10.5 Å². The lowest BCUT2D eigenvalue weighted by Crippen LogP contribution is -2.17. The van der Waals surface area contributed by atoms with Crippen molar-refractivity contribution in [1.29, 1.82) is 0 Å². The Labute approximate surface area is 174 Å². The van der Waals surface area contributed by atoms with E-state index in [0.29, 0.717) is 27.4 Å². The average Bonchev–Trinajstić information content (AvgIpc) is 3.12. The molecule has 29 heavy (non-hydrogen) atoms. The van der Waals surface area contributed by atoms with Crippen LogP contribution in [0.25, 0.3) is 11.1 Å². The van der Waals surface area contributed by atoms with Crippen LogP contribution in [-0.2, 0) is 27.8 Å². The van der Waals surface area contributed by atoms with Gasteiger partial charge in [-0.3, -0.25) is 9.48 Å². The molecule has 0 aliphatic rings. The van der Waals surface area contributed by atoms with Crippen LogP contribution in [0, 0.1) is 0 Å². The smallest absolute Gasteiger partial charge is 0.238 e. The molecule has 1 aromatic heterocycles. The molecule has 3 N–H and O–H groups in total. The molecule has 7 nitrogen and oxygen atoms in total. The van der Waals surface area contributed by atoms with E-state index in [4.69, 9.17) is 16.7 Å². The second-order valence-electron chi connectivity index (χ2n) is 6.56. The Kier molecular flexibility index (Phi) is 6.36. The summed E-state index contributed by atoms with van der Waals surface area (Å²) in [7, 11) is -4.02. The number of nitrogens with two attached hydrogens (primary N) is 1. The lowest BCUT2D eigenvalue weighted by atomic mass is 10.1. The summed E-state index contributed by atoms with van der Waals surface area (Å²) in [6.07, 6.45) is 4.33. The quantitative estimate of drug-likeness (QED) is 0.596. The molecule has 1 heterocycles. The zero-order chi connectivity index (χ0) is 21.0. The Morgan fingerprint density at radius 3 is 2.69 bits per heavy atom. The van der Waals surface area contributed by atoms with Crippen molar-refractivity contribution in [1.82, 2.24) is 9.78 Å². The molecular formula is C20H21ClN4O3S. The highest BCUT2D eigenvalue weighted by Gasteiger charge is 2.18. The van der Waals surface area contributed by atoms with E-state index in [1.807, 2.05) is 6.92 Å². The number of hydrogen-bond donors (Lipinski definition) is 2. The molecular weight excluding hydrogens is 412 g/mol. The minimum Gasteiger partial charge on any atom is -0.326 e. The number of benzene rings is 2. The summed E-state index contributed by atoms with van der Waals surface area (Å²) in [4.78, 5) is 12.3. The SMILES string of the molecule is CCCn1cc(-c2ccc(NC(=O)Cc3ccccc3Cl)cc2S(N)(=O)=O)cn1. The van der Waals surface area contributed by atoms with Crippen LogP contribution in [0.5, 0.6) is 0 Å².